The number of hydrogen-bond donors (Lipinski definition) is 2. The first-order valence-electron chi connectivity index (χ1n) is 12.0. The Morgan fingerprint density at radius 2 is 1.79 bits per heavy atom. The lowest BCUT2D eigenvalue weighted by Crippen LogP contribution is -2.49. The first-order valence-corrected chi connectivity index (χ1v) is 12.0. The number of hydrazine groups is 1. The molecule has 0 aliphatic heterocycles. The van der Waals surface area contributed by atoms with E-state index in [-0.39, 0.29) is 18.2 Å². The van der Waals surface area contributed by atoms with Crippen LogP contribution in [0.4, 0.5) is 4.79 Å². The van der Waals surface area contributed by atoms with Gasteiger partial charge in [-0.2, -0.15) is 0 Å². The van der Waals surface area contributed by atoms with Crippen LogP contribution < -0.4 is 15.9 Å². The molecule has 0 saturated carbocycles. The molecule has 1 aromatic heterocycles. The number of fused-ring (bicyclic) bond motifs is 1. The number of primary amides is 1. The number of benzene rings is 2. The van der Waals surface area contributed by atoms with Gasteiger partial charge in [-0.15, -0.1) is 0 Å². The fraction of sp³-hybridized carbons (Fsp3) is 0.286. The van der Waals surface area contributed by atoms with Crippen molar-refractivity contribution in [3.05, 3.63) is 71.9 Å². The molecule has 0 bridgehead atoms. The lowest BCUT2D eigenvalue weighted by Gasteiger charge is -2.26. The van der Waals surface area contributed by atoms with Gasteiger partial charge in [-0.3, -0.25) is 24.4 Å². The SMILES string of the molecule is CC(C)N(NC(=O)c1cccc(OCC(N)=O)c1)C(=O)C=Cc1cn(C(=O)OC(C)(C)C)c2ccccc12. The second kappa shape index (κ2) is 11.6. The summed E-state index contributed by atoms with van der Waals surface area (Å²) >= 11 is 0. The number of nitrogens with zero attached hydrogens (tertiary/aromatic N) is 2. The van der Waals surface area contributed by atoms with Crippen LogP contribution in [0.15, 0.2) is 60.8 Å². The monoisotopic (exact) mass is 520 g/mol. The third-order valence-electron chi connectivity index (χ3n) is 5.19. The number of nitrogens with one attached hydrogen (secondary N) is 1. The fourth-order valence-corrected chi connectivity index (χ4v) is 3.54. The van der Waals surface area contributed by atoms with Crippen LogP contribution in [0.5, 0.6) is 5.75 Å². The van der Waals surface area contributed by atoms with Crippen LogP contribution in [-0.2, 0) is 14.3 Å². The third kappa shape index (κ3) is 7.22. The van der Waals surface area contributed by atoms with E-state index in [1.165, 1.54) is 21.7 Å². The lowest BCUT2D eigenvalue weighted by molar-refractivity contribution is -0.130. The van der Waals surface area contributed by atoms with Crippen molar-refractivity contribution in [3.8, 4) is 5.75 Å². The second-order valence-electron chi connectivity index (χ2n) is 9.81. The minimum absolute atomic E-state index is 0.231. The van der Waals surface area contributed by atoms with Crippen molar-refractivity contribution in [2.75, 3.05) is 6.61 Å². The van der Waals surface area contributed by atoms with E-state index in [9.17, 15) is 19.2 Å². The topological polar surface area (TPSA) is 133 Å². The summed E-state index contributed by atoms with van der Waals surface area (Å²) in [7, 11) is 0. The molecule has 200 valence electrons. The van der Waals surface area contributed by atoms with E-state index >= 15 is 0 Å². The number of carbonyl (C=O) groups is 4. The first-order chi connectivity index (χ1) is 17.9. The summed E-state index contributed by atoms with van der Waals surface area (Å²) in [6.07, 6.45) is 4.00. The molecule has 10 heteroatoms. The normalized spacial score (nSPS) is 11.5. The minimum Gasteiger partial charge on any atom is -0.484 e. The highest BCUT2D eigenvalue weighted by molar-refractivity contribution is 6.01. The predicted molar refractivity (Wildman–Crippen MR) is 143 cm³/mol. The van der Waals surface area contributed by atoms with Crippen LogP contribution >= 0.6 is 0 Å². The second-order valence-corrected chi connectivity index (χ2v) is 9.81. The highest BCUT2D eigenvalue weighted by atomic mass is 16.6. The van der Waals surface area contributed by atoms with Crippen molar-refractivity contribution >= 4 is 40.8 Å². The van der Waals surface area contributed by atoms with E-state index < -0.39 is 29.4 Å². The van der Waals surface area contributed by atoms with Crippen molar-refractivity contribution in [1.29, 1.82) is 0 Å². The molecule has 38 heavy (non-hydrogen) atoms. The molecule has 0 fully saturated rings. The van der Waals surface area contributed by atoms with Gasteiger partial charge in [-0.05, 0) is 65.0 Å². The third-order valence-corrected chi connectivity index (χ3v) is 5.19. The standard InChI is InChI=1S/C28H32N4O6/c1-18(2)32(30-26(35)19-9-8-10-21(15-19)37-17-24(29)33)25(34)14-13-20-16-31(27(36)38-28(3,4)5)23-12-7-6-11-22(20)23/h6-16,18H,17H2,1-5H3,(H2,29,33)(H,30,35). The smallest absolute Gasteiger partial charge is 0.419 e. The molecule has 0 aliphatic rings. The molecular weight excluding hydrogens is 488 g/mol. The van der Waals surface area contributed by atoms with Crippen molar-refractivity contribution in [2.45, 2.75) is 46.3 Å². The number of nitrogens with two attached hydrogens (primary N) is 1. The zero-order chi connectivity index (χ0) is 28.0. The summed E-state index contributed by atoms with van der Waals surface area (Å²) in [6, 6.07) is 13.1. The number of amides is 3. The van der Waals surface area contributed by atoms with Gasteiger partial charge < -0.3 is 15.2 Å². The molecule has 2 aromatic carbocycles. The van der Waals surface area contributed by atoms with Crippen LogP contribution in [0.25, 0.3) is 17.0 Å². The van der Waals surface area contributed by atoms with E-state index in [1.54, 1.807) is 71.2 Å². The number of hydrogen-bond acceptors (Lipinski definition) is 6. The zero-order valence-corrected chi connectivity index (χ0v) is 22.1. The van der Waals surface area contributed by atoms with E-state index in [0.29, 0.717) is 16.8 Å². The van der Waals surface area contributed by atoms with Gasteiger partial charge in [0.15, 0.2) is 6.61 Å². The fourth-order valence-electron chi connectivity index (χ4n) is 3.54. The van der Waals surface area contributed by atoms with E-state index in [0.717, 1.165) is 5.39 Å². The van der Waals surface area contributed by atoms with E-state index in [1.807, 2.05) is 18.2 Å². The van der Waals surface area contributed by atoms with Gasteiger partial charge in [0.25, 0.3) is 17.7 Å². The summed E-state index contributed by atoms with van der Waals surface area (Å²) < 4.78 is 12.2. The maximum atomic E-state index is 13.1. The molecule has 0 saturated heterocycles. The van der Waals surface area contributed by atoms with Gasteiger partial charge in [-0.25, -0.2) is 9.80 Å². The van der Waals surface area contributed by atoms with Crippen molar-refractivity contribution in [1.82, 2.24) is 15.0 Å². The average molecular weight is 521 g/mol. The number of para-hydroxylation sites is 1. The molecule has 0 aliphatic carbocycles. The highest BCUT2D eigenvalue weighted by Gasteiger charge is 2.21. The molecule has 1 heterocycles. The molecule has 3 rings (SSSR count). The van der Waals surface area contributed by atoms with Gasteiger partial charge >= 0.3 is 6.09 Å². The quantitative estimate of drug-likeness (QED) is 0.359. The first kappa shape index (κ1) is 28.0. The summed E-state index contributed by atoms with van der Waals surface area (Å²) in [5, 5.41) is 1.96. The predicted octanol–water partition coefficient (Wildman–Crippen LogP) is 3.88. The maximum absolute atomic E-state index is 13.1. The highest BCUT2D eigenvalue weighted by Crippen LogP contribution is 2.24. The summed E-state index contributed by atoms with van der Waals surface area (Å²) in [6.45, 7) is 8.55. The van der Waals surface area contributed by atoms with Crippen LogP contribution in [0.2, 0.25) is 0 Å². The van der Waals surface area contributed by atoms with Crippen LogP contribution in [-0.4, -0.2) is 51.6 Å². The molecule has 3 N–H and O–H groups in total. The number of ether oxygens (including phenoxy) is 2. The van der Waals surface area contributed by atoms with Crippen molar-refractivity contribution in [3.63, 3.8) is 0 Å². The molecule has 0 spiro atoms. The molecule has 0 atom stereocenters. The molecule has 0 radical (unpaired) electrons. The number of aromatic nitrogens is 1. The molecular formula is C28H32N4O6. The van der Waals surface area contributed by atoms with Crippen LogP contribution in [0.1, 0.15) is 50.5 Å². The average Bonchev–Trinajstić information content (AvgIpc) is 3.22. The molecule has 10 nitrogen and oxygen atoms in total. The molecule has 0 unspecified atom stereocenters. The Bertz CT molecular complexity index is 1380. The minimum atomic E-state index is -0.669. The van der Waals surface area contributed by atoms with Gasteiger partial charge in [0.05, 0.1) is 5.52 Å². The summed E-state index contributed by atoms with van der Waals surface area (Å²) in [4.78, 5) is 49.6. The molecule has 3 amide bonds. The van der Waals surface area contributed by atoms with Gasteiger partial charge in [-0.1, -0.05) is 24.3 Å². The van der Waals surface area contributed by atoms with E-state index in [4.69, 9.17) is 15.2 Å². The van der Waals surface area contributed by atoms with Crippen molar-refractivity contribution < 1.29 is 28.7 Å². The van der Waals surface area contributed by atoms with Gasteiger partial charge in [0.2, 0.25) is 0 Å². The van der Waals surface area contributed by atoms with E-state index in [2.05, 4.69) is 5.43 Å². The molecule has 3 aromatic rings. The van der Waals surface area contributed by atoms with Gasteiger partial charge in [0.1, 0.15) is 11.4 Å². The van der Waals surface area contributed by atoms with Crippen LogP contribution in [0, 0.1) is 0 Å². The Labute approximate surface area is 221 Å². The summed E-state index contributed by atoms with van der Waals surface area (Å²) in [5.74, 6) is -1.35. The lowest BCUT2D eigenvalue weighted by atomic mass is 10.1. The number of carbonyl (C=O) groups excluding carboxylic acids is 4. The Kier molecular flexibility index (Phi) is 8.57. The Morgan fingerprint density at radius 1 is 1.08 bits per heavy atom. The van der Waals surface area contributed by atoms with Crippen LogP contribution in [0.3, 0.4) is 0 Å². The van der Waals surface area contributed by atoms with Gasteiger partial charge in [0, 0.05) is 34.8 Å². The summed E-state index contributed by atoms with van der Waals surface area (Å²) in [5.41, 5.74) is 8.54. The van der Waals surface area contributed by atoms with Crippen molar-refractivity contribution in [2.24, 2.45) is 5.73 Å². The Morgan fingerprint density at radius 3 is 2.45 bits per heavy atom. The largest absolute Gasteiger partial charge is 0.484 e. The number of rotatable bonds is 7. The Balaban J connectivity index is 1.80. The maximum Gasteiger partial charge on any atom is 0.419 e. The Hall–Kier alpha value is -4.60. The zero-order valence-electron chi connectivity index (χ0n) is 22.1.